The number of nitrogens with zero attached hydrogens (tertiary/aromatic N) is 1. The van der Waals surface area contributed by atoms with E-state index in [4.69, 9.17) is 28.9 Å². The number of nitrogen functional groups attached to an aromatic ring is 1. The van der Waals surface area contributed by atoms with E-state index in [1.165, 1.54) is 0 Å². The van der Waals surface area contributed by atoms with E-state index in [0.29, 0.717) is 0 Å². The molecular formula is C8H7Cl2FN2O2. The van der Waals surface area contributed by atoms with Crippen LogP contribution in [0.2, 0.25) is 10.3 Å². The van der Waals surface area contributed by atoms with Gasteiger partial charge in [0.1, 0.15) is 10.7 Å². The topological polar surface area (TPSA) is 65.2 Å². The Hall–Kier alpha value is -1.07. The molecule has 0 saturated heterocycles. The van der Waals surface area contributed by atoms with E-state index in [0.717, 1.165) is 0 Å². The summed E-state index contributed by atoms with van der Waals surface area (Å²) in [6.07, 6.45) is 0. The minimum absolute atomic E-state index is 0.124. The van der Waals surface area contributed by atoms with Gasteiger partial charge in [-0.15, -0.1) is 0 Å². The van der Waals surface area contributed by atoms with E-state index in [9.17, 15) is 9.18 Å². The van der Waals surface area contributed by atoms with Gasteiger partial charge in [0, 0.05) is 0 Å². The average Bonchev–Trinajstić information content (AvgIpc) is 2.15. The highest BCUT2D eigenvalue weighted by Gasteiger charge is 2.22. The van der Waals surface area contributed by atoms with Crippen LogP contribution in [0.1, 0.15) is 17.3 Å². The molecule has 0 aliphatic heterocycles. The predicted molar refractivity (Wildman–Crippen MR) is 54.6 cm³/mol. The van der Waals surface area contributed by atoms with Crippen molar-refractivity contribution < 1.29 is 13.9 Å². The number of hydrogen-bond acceptors (Lipinski definition) is 4. The van der Waals surface area contributed by atoms with Crippen molar-refractivity contribution in [1.82, 2.24) is 4.98 Å². The van der Waals surface area contributed by atoms with E-state index in [2.05, 4.69) is 9.72 Å². The highest BCUT2D eigenvalue weighted by atomic mass is 35.5. The third-order valence-corrected chi connectivity index (χ3v) is 2.09. The maximum absolute atomic E-state index is 13.2. The van der Waals surface area contributed by atoms with Gasteiger partial charge in [0.15, 0.2) is 11.0 Å². The fraction of sp³-hybridized carbons (Fsp3) is 0.250. The molecule has 1 heterocycles. The van der Waals surface area contributed by atoms with Gasteiger partial charge >= 0.3 is 5.97 Å². The fourth-order valence-corrected chi connectivity index (χ4v) is 1.41. The highest BCUT2D eigenvalue weighted by Crippen LogP contribution is 2.28. The number of halogens is 3. The second kappa shape index (κ2) is 4.63. The summed E-state index contributed by atoms with van der Waals surface area (Å²) in [6, 6.07) is 0. The second-order valence-electron chi connectivity index (χ2n) is 2.52. The van der Waals surface area contributed by atoms with Gasteiger partial charge in [-0.25, -0.2) is 14.2 Å². The third-order valence-electron chi connectivity index (χ3n) is 1.57. The Balaban J connectivity index is 3.29. The molecule has 7 heteroatoms. The lowest BCUT2D eigenvalue weighted by Crippen LogP contribution is -2.11. The summed E-state index contributed by atoms with van der Waals surface area (Å²) >= 11 is 11.0. The van der Waals surface area contributed by atoms with Crippen LogP contribution in [0.25, 0.3) is 0 Å². The van der Waals surface area contributed by atoms with Gasteiger partial charge in [-0.05, 0) is 6.92 Å². The summed E-state index contributed by atoms with van der Waals surface area (Å²) in [5, 5.41) is -0.761. The minimum atomic E-state index is -0.982. The number of aromatic nitrogens is 1. The molecule has 15 heavy (non-hydrogen) atoms. The molecule has 0 aromatic carbocycles. The van der Waals surface area contributed by atoms with Crippen LogP contribution in [0.4, 0.5) is 10.1 Å². The lowest BCUT2D eigenvalue weighted by molar-refractivity contribution is 0.0527. The maximum atomic E-state index is 13.2. The normalized spacial score (nSPS) is 10.1. The molecule has 82 valence electrons. The molecule has 2 N–H and O–H groups in total. The molecule has 1 rings (SSSR count). The molecule has 0 atom stereocenters. The first-order valence-electron chi connectivity index (χ1n) is 3.96. The third kappa shape index (κ3) is 2.30. The van der Waals surface area contributed by atoms with Crippen LogP contribution in [0, 0.1) is 5.82 Å². The Kier molecular flexibility index (Phi) is 3.71. The van der Waals surface area contributed by atoms with Crippen LogP contribution in [0.15, 0.2) is 0 Å². The Morgan fingerprint density at radius 1 is 1.53 bits per heavy atom. The first kappa shape index (κ1) is 12.0. The maximum Gasteiger partial charge on any atom is 0.343 e. The average molecular weight is 253 g/mol. The van der Waals surface area contributed by atoms with E-state index in [-0.39, 0.29) is 17.3 Å². The lowest BCUT2D eigenvalue weighted by atomic mass is 10.2. The van der Waals surface area contributed by atoms with Crippen LogP contribution < -0.4 is 5.73 Å². The van der Waals surface area contributed by atoms with Crippen molar-refractivity contribution in [2.24, 2.45) is 0 Å². The summed E-state index contributed by atoms with van der Waals surface area (Å²) in [5.74, 6) is -1.81. The second-order valence-corrected chi connectivity index (χ2v) is 3.23. The van der Waals surface area contributed by atoms with E-state index in [1.807, 2.05) is 0 Å². The van der Waals surface area contributed by atoms with Gasteiger partial charge in [0.2, 0.25) is 0 Å². The molecule has 0 aliphatic carbocycles. The molecule has 0 fully saturated rings. The number of esters is 1. The van der Waals surface area contributed by atoms with Crippen LogP contribution in [-0.2, 0) is 4.74 Å². The van der Waals surface area contributed by atoms with E-state index < -0.39 is 22.6 Å². The number of pyridine rings is 1. The van der Waals surface area contributed by atoms with Gasteiger partial charge in [-0.3, -0.25) is 0 Å². The first-order valence-corrected chi connectivity index (χ1v) is 4.71. The molecule has 0 saturated carbocycles. The summed E-state index contributed by atoms with van der Waals surface area (Å²) < 4.78 is 17.8. The highest BCUT2D eigenvalue weighted by molar-refractivity contribution is 6.35. The van der Waals surface area contributed by atoms with Gasteiger partial charge < -0.3 is 10.5 Å². The molecule has 0 spiro atoms. The van der Waals surface area contributed by atoms with Gasteiger partial charge in [0.05, 0.1) is 12.3 Å². The van der Waals surface area contributed by atoms with Crippen LogP contribution >= 0.6 is 23.2 Å². The smallest absolute Gasteiger partial charge is 0.343 e. The van der Waals surface area contributed by atoms with Crippen molar-refractivity contribution in [1.29, 1.82) is 0 Å². The Labute approximate surface area is 95.1 Å². The summed E-state index contributed by atoms with van der Waals surface area (Å²) in [6.45, 7) is 1.72. The molecule has 0 unspecified atom stereocenters. The molecule has 0 bridgehead atoms. The standard InChI is InChI=1S/C8H7Cl2FN2O2/c1-2-15-8(14)3-5(12)4(11)7(10)13-6(3)9/h2H2,1H3,(H2,12,13). The molecular weight excluding hydrogens is 246 g/mol. The number of ether oxygens (including phenoxy) is 1. The molecule has 0 radical (unpaired) electrons. The van der Waals surface area contributed by atoms with Gasteiger partial charge in [-0.1, -0.05) is 23.2 Å². The number of carbonyl (C=O) groups excluding carboxylic acids is 1. The summed E-state index contributed by atoms with van der Waals surface area (Å²) in [4.78, 5) is 14.7. The van der Waals surface area contributed by atoms with Crippen molar-refractivity contribution in [2.75, 3.05) is 12.3 Å². The largest absolute Gasteiger partial charge is 0.462 e. The van der Waals surface area contributed by atoms with Gasteiger partial charge in [-0.2, -0.15) is 0 Å². The number of hydrogen-bond donors (Lipinski definition) is 1. The quantitative estimate of drug-likeness (QED) is 0.648. The number of nitrogens with two attached hydrogens (primary N) is 1. The van der Waals surface area contributed by atoms with Crippen molar-refractivity contribution >= 4 is 34.9 Å². The molecule has 1 aromatic rings. The SMILES string of the molecule is CCOC(=O)c1c(Cl)nc(Cl)c(F)c1N. The number of carbonyl (C=O) groups is 1. The summed E-state index contributed by atoms with van der Waals surface area (Å²) in [7, 11) is 0. The zero-order valence-electron chi connectivity index (χ0n) is 7.68. The van der Waals surface area contributed by atoms with Crippen molar-refractivity contribution in [3.05, 3.63) is 21.7 Å². The Bertz CT molecular complexity index is 412. The van der Waals surface area contributed by atoms with Crippen LogP contribution in [-0.4, -0.2) is 17.6 Å². The number of anilines is 1. The predicted octanol–water partition coefficient (Wildman–Crippen LogP) is 2.29. The minimum Gasteiger partial charge on any atom is -0.462 e. The van der Waals surface area contributed by atoms with Crippen molar-refractivity contribution in [2.45, 2.75) is 6.92 Å². The first-order chi connectivity index (χ1) is 6.99. The number of rotatable bonds is 2. The molecule has 4 nitrogen and oxygen atoms in total. The van der Waals surface area contributed by atoms with E-state index >= 15 is 0 Å². The van der Waals surface area contributed by atoms with Crippen LogP contribution in [0.3, 0.4) is 0 Å². The van der Waals surface area contributed by atoms with E-state index in [1.54, 1.807) is 6.92 Å². The fourth-order valence-electron chi connectivity index (χ4n) is 0.921. The zero-order chi connectivity index (χ0) is 11.6. The zero-order valence-corrected chi connectivity index (χ0v) is 9.19. The Morgan fingerprint density at radius 2 is 2.13 bits per heavy atom. The molecule has 0 aliphatic rings. The summed E-state index contributed by atoms with van der Waals surface area (Å²) in [5.41, 5.74) is 4.57. The monoisotopic (exact) mass is 252 g/mol. The molecule has 0 amide bonds. The van der Waals surface area contributed by atoms with Crippen LogP contribution in [0.5, 0.6) is 0 Å². The molecule has 1 aromatic heterocycles. The Morgan fingerprint density at radius 3 is 2.67 bits per heavy atom. The lowest BCUT2D eigenvalue weighted by Gasteiger charge is -2.08. The van der Waals surface area contributed by atoms with Crippen molar-refractivity contribution in [3.63, 3.8) is 0 Å². The van der Waals surface area contributed by atoms with Gasteiger partial charge in [0.25, 0.3) is 0 Å². The van der Waals surface area contributed by atoms with Crippen molar-refractivity contribution in [3.8, 4) is 0 Å².